The normalized spacial score (nSPS) is 16.3. The van der Waals surface area contributed by atoms with Crippen molar-refractivity contribution < 1.29 is 23.1 Å². The highest BCUT2D eigenvalue weighted by molar-refractivity contribution is 7.91. The van der Waals surface area contributed by atoms with Crippen molar-refractivity contribution in [2.75, 3.05) is 18.8 Å². The second-order valence-corrected chi connectivity index (χ2v) is 8.04. The van der Waals surface area contributed by atoms with E-state index in [0.29, 0.717) is 31.5 Å². The minimum Gasteiger partial charge on any atom is -0.481 e. The van der Waals surface area contributed by atoms with Crippen LogP contribution in [0.25, 0.3) is 0 Å². The SMILES string of the molecule is CCS(=O)(=O)c1cccc(C(=O)N2CCC(CC(=O)O)CC2)c1. The average Bonchev–Trinajstić information content (AvgIpc) is 2.54. The van der Waals surface area contributed by atoms with Gasteiger partial charge in [-0.05, 0) is 37.0 Å². The number of benzene rings is 1. The summed E-state index contributed by atoms with van der Waals surface area (Å²) in [6, 6.07) is 6.10. The molecule has 1 N–H and O–H groups in total. The number of likely N-dealkylation sites (tertiary alicyclic amines) is 1. The first-order valence-electron chi connectivity index (χ1n) is 7.67. The topological polar surface area (TPSA) is 91.8 Å². The fourth-order valence-electron chi connectivity index (χ4n) is 2.76. The van der Waals surface area contributed by atoms with Crippen LogP contribution in [0.3, 0.4) is 0 Å². The molecule has 1 aliphatic rings. The third-order valence-electron chi connectivity index (χ3n) is 4.19. The van der Waals surface area contributed by atoms with E-state index in [0.717, 1.165) is 0 Å². The molecule has 6 nitrogen and oxygen atoms in total. The summed E-state index contributed by atoms with van der Waals surface area (Å²) in [6.45, 7) is 2.57. The van der Waals surface area contributed by atoms with Crippen molar-refractivity contribution in [2.45, 2.75) is 31.1 Å². The number of aliphatic carboxylic acids is 1. The van der Waals surface area contributed by atoms with Crippen LogP contribution < -0.4 is 0 Å². The molecule has 2 rings (SSSR count). The van der Waals surface area contributed by atoms with Crippen molar-refractivity contribution >= 4 is 21.7 Å². The Morgan fingerprint density at radius 2 is 1.91 bits per heavy atom. The molecule has 1 amide bonds. The highest BCUT2D eigenvalue weighted by Gasteiger charge is 2.25. The van der Waals surface area contributed by atoms with Gasteiger partial charge in [0.15, 0.2) is 9.84 Å². The number of sulfone groups is 1. The summed E-state index contributed by atoms with van der Waals surface area (Å²) < 4.78 is 23.8. The molecule has 126 valence electrons. The van der Waals surface area contributed by atoms with Crippen molar-refractivity contribution in [3.05, 3.63) is 29.8 Å². The summed E-state index contributed by atoms with van der Waals surface area (Å²) >= 11 is 0. The van der Waals surface area contributed by atoms with Crippen LogP contribution in [-0.2, 0) is 14.6 Å². The van der Waals surface area contributed by atoms with Gasteiger partial charge in [0.05, 0.1) is 10.6 Å². The standard InChI is InChI=1S/C16H21NO5S/c1-2-23(21,22)14-5-3-4-13(11-14)16(20)17-8-6-12(7-9-17)10-15(18)19/h3-5,11-12H,2,6-10H2,1H3,(H,18,19). The maximum Gasteiger partial charge on any atom is 0.303 e. The Bertz CT molecular complexity index is 690. The number of carboxylic acids is 1. The van der Waals surface area contributed by atoms with Gasteiger partial charge in [-0.2, -0.15) is 0 Å². The lowest BCUT2D eigenvalue weighted by Gasteiger charge is -2.31. The summed E-state index contributed by atoms with van der Waals surface area (Å²) in [6.07, 6.45) is 1.45. The van der Waals surface area contributed by atoms with Crippen LogP contribution in [0.5, 0.6) is 0 Å². The number of hydrogen-bond acceptors (Lipinski definition) is 4. The van der Waals surface area contributed by atoms with Gasteiger partial charge in [-0.25, -0.2) is 8.42 Å². The Kier molecular flexibility index (Phi) is 5.41. The van der Waals surface area contributed by atoms with E-state index in [-0.39, 0.29) is 28.9 Å². The van der Waals surface area contributed by atoms with Gasteiger partial charge in [0, 0.05) is 25.1 Å². The van der Waals surface area contributed by atoms with Crippen molar-refractivity contribution in [2.24, 2.45) is 5.92 Å². The van der Waals surface area contributed by atoms with Crippen molar-refractivity contribution in [1.82, 2.24) is 4.90 Å². The second kappa shape index (κ2) is 7.12. The van der Waals surface area contributed by atoms with Gasteiger partial charge in [0.25, 0.3) is 5.91 Å². The molecule has 0 radical (unpaired) electrons. The van der Waals surface area contributed by atoms with Crippen molar-refractivity contribution in [3.8, 4) is 0 Å². The average molecular weight is 339 g/mol. The molecular formula is C16H21NO5S. The Morgan fingerprint density at radius 3 is 2.48 bits per heavy atom. The zero-order valence-electron chi connectivity index (χ0n) is 13.1. The van der Waals surface area contributed by atoms with E-state index in [1.165, 1.54) is 12.1 Å². The number of carbonyl (C=O) groups is 2. The van der Waals surface area contributed by atoms with E-state index in [1.54, 1.807) is 24.0 Å². The van der Waals surface area contributed by atoms with E-state index in [1.807, 2.05) is 0 Å². The maximum absolute atomic E-state index is 12.5. The summed E-state index contributed by atoms with van der Waals surface area (Å²) in [4.78, 5) is 25.1. The highest BCUT2D eigenvalue weighted by atomic mass is 32.2. The van der Waals surface area contributed by atoms with Gasteiger partial charge in [-0.15, -0.1) is 0 Å². The van der Waals surface area contributed by atoms with Crippen LogP contribution in [0.15, 0.2) is 29.2 Å². The molecule has 7 heteroatoms. The Hall–Kier alpha value is -1.89. The smallest absolute Gasteiger partial charge is 0.303 e. The monoisotopic (exact) mass is 339 g/mol. The fraction of sp³-hybridized carbons (Fsp3) is 0.500. The molecule has 0 unspecified atom stereocenters. The lowest BCUT2D eigenvalue weighted by atomic mass is 9.93. The zero-order chi connectivity index (χ0) is 17.0. The molecule has 1 aromatic rings. The molecule has 0 spiro atoms. The summed E-state index contributed by atoms with van der Waals surface area (Å²) in [5.74, 6) is -0.923. The highest BCUT2D eigenvalue weighted by Crippen LogP contribution is 2.22. The summed E-state index contributed by atoms with van der Waals surface area (Å²) in [5, 5.41) is 8.81. The molecule has 1 heterocycles. The minimum atomic E-state index is -3.34. The summed E-state index contributed by atoms with van der Waals surface area (Å²) in [5.41, 5.74) is 0.358. The van der Waals surface area contributed by atoms with Crippen LogP contribution in [-0.4, -0.2) is 49.1 Å². The predicted molar refractivity (Wildman–Crippen MR) is 85.0 cm³/mol. The zero-order valence-corrected chi connectivity index (χ0v) is 13.9. The second-order valence-electron chi connectivity index (χ2n) is 5.76. The molecule has 1 saturated heterocycles. The van der Waals surface area contributed by atoms with Crippen LogP contribution in [0.2, 0.25) is 0 Å². The number of amides is 1. The Morgan fingerprint density at radius 1 is 1.26 bits per heavy atom. The predicted octanol–water partition coefficient (Wildman–Crippen LogP) is 1.81. The molecule has 0 aliphatic carbocycles. The Balaban J connectivity index is 2.07. The lowest BCUT2D eigenvalue weighted by molar-refractivity contribution is -0.138. The maximum atomic E-state index is 12.5. The van der Waals surface area contributed by atoms with Crippen LogP contribution >= 0.6 is 0 Å². The molecule has 1 aliphatic heterocycles. The first-order valence-corrected chi connectivity index (χ1v) is 9.32. The van der Waals surface area contributed by atoms with Gasteiger partial charge in [0.1, 0.15) is 0 Å². The van der Waals surface area contributed by atoms with Gasteiger partial charge in [0.2, 0.25) is 0 Å². The largest absolute Gasteiger partial charge is 0.481 e. The number of rotatable bonds is 5. The van der Waals surface area contributed by atoms with Crippen LogP contribution in [0.4, 0.5) is 0 Å². The molecule has 0 atom stereocenters. The van der Waals surface area contributed by atoms with Gasteiger partial charge < -0.3 is 10.0 Å². The molecule has 1 fully saturated rings. The Labute approximate surface area is 136 Å². The van der Waals surface area contributed by atoms with E-state index in [9.17, 15) is 18.0 Å². The van der Waals surface area contributed by atoms with E-state index in [4.69, 9.17) is 5.11 Å². The number of hydrogen-bond donors (Lipinski definition) is 1. The third-order valence-corrected chi connectivity index (χ3v) is 5.92. The minimum absolute atomic E-state index is 0.00870. The number of carboxylic acid groups (broad SMARTS) is 1. The van der Waals surface area contributed by atoms with E-state index < -0.39 is 15.8 Å². The first kappa shape index (κ1) is 17.5. The van der Waals surface area contributed by atoms with Gasteiger partial charge in [-0.1, -0.05) is 13.0 Å². The quantitative estimate of drug-likeness (QED) is 0.883. The molecular weight excluding hydrogens is 318 g/mol. The van der Waals surface area contributed by atoms with E-state index >= 15 is 0 Å². The van der Waals surface area contributed by atoms with E-state index in [2.05, 4.69) is 0 Å². The van der Waals surface area contributed by atoms with Crippen LogP contribution in [0, 0.1) is 5.92 Å². The van der Waals surface area contributed by atoms with Gasteiger partial charge in [-0.3, -0.25) is 9.59 Å². The number of nitrogens with zero attached hydrogens (tertiary/aromatic N) is 1. The van der Waals surface area contributed by atoms with Crippen molar-refractivity contribution in [1.29, 1.82) is 0 Å². The fourth-order valence-corrected chi connectivity index (χ4v) is 3.68. The first-order chi connectivity index (χ1) is 10.8. The molecule has 23 heavy (non-hydrogen) atoms. The van der Waals surface area contributed by atoms with Crippen LogP contribution in [0.1, 0.15) is 36.5 Å². The summed E-state index contributed by atoms with van der Waals surface area (Å²) in [7, 11) is -3.34. The molecule has 0 bridgehead atoms. The molecule has 0 saturated carbocycles. The van der Waals surface area contributed by atoms with Crippen molar-refractivity contribution in [3.63, 3.8) is 0 Å². The number of carbonyl (C=O) groups excluding carboxylic acids is 1. The molecule has 0 aromatic heterocycles. The molecule has 1 aromatic carbocycles. The lowest BCUT2D eigenvalue weighted by Crippen LogP contribution is -2.39. The third kappa shape index (κ3) is 4.31. The number of piperidine rings is 1. The van der Waals surface area contributed by atoms with Gasteiger partial charge >= 0.3 is 5.97 Å².